The fourth-order valence-corrected chi connectivity index (χ4v) is 14.5. The molecule has 0 bridgehead atoms. The van der Waals surface area contributed by atoms with Gasteiger partial charge in [-0.1, -0.05) is 456 Å². The van der Waals surface area contributed by atoms with E-state index in [9.17, 15) is 19.4 Å². The summed E-state index contributed by atoms with van der Waals surface area (Å²) in [5.41, 5.74) is 0. The molecule has 0 aliphatic heterocycles. The second-order valence-electron chi connectivity index (χ2n) is 31.3. The molecule has 8 nitrogen and oxygen atoms in total. The van der Waals surface area contributed by atoms with Crippen LogP contribution in [0.15, 0.2) is 24.3 Å². The fraction of sp³-hybridized carbons (Fsp3) is 0.942. The van der Waals surface area contributed by atoms with Crippen LogP contribution in [0.5, 0.6) is 0 Å². The molecule has 0 aromatic carbocycles. The highest BCUT2D eigenvalue weighted by Crippen LogP contribution is 2.38. The van der Waals surface area contributed by atoms with Gasteiger partial charge in [0.2, 0.25) is 5.91 Å². The highest BCUT2D eigenvalue weighted by atomic mass is 31.2. The van der Waals surface area contributed by atoms with Crippen LogP contribution in [0.2, 0.25) is 0 Å². The molecule has 0 fully saturated rings. The van der Waals surface area contributed by atoms with Gasteiger partial charge in [-0.2, -0.15) is 0 Å². The van der Waals surface area contributed by atoms with Crippen LogP contribution >= 0.6 is 7.82 Å². The molecule has 2 N–H and O–H groups in total. The maximum Gasteiger partial charge on any atom is 0.268 e. The molecule has 0 spiro atoms. The normalized spacial score (nSPS) is 13.5. The zero-order valence-electron chi connectivity index (χ0n) is 65.2. The van der Waals surface area contributed by atoms with Gasteiger partial charge in [-0.3, -0.25) is 9.36 Å². The molecule has 0 radical (unpaired) electrons. The van der Waals surface area contributed by atoms with Crippen molar-refractivity contribution in [3.63, 3.8) is 0 Å². The Morgan fingerprint density at radius 1 is 0.358 bits per heavy atom. The molecule has 0 aliphatic carbocycles. The maximum absolute atomic E-state index is 13.1. The number of rotatable bonds is 82. The summed E-state index contributed by atoms with van der Waals surface area (Å²) in [6.07, 6.45) is 104. The lowest BCUT2D eigenvalue weighted by Gasteiger charge is -2.29. The van der Waals surface area contributed by atoms with Crippen molar-refractivity contribution in [2.45, 2.75) is 482 Å². The van der Waals surface area contributed by atoms with Crippen LogP contribution in [-0.4, -0.2) is 68.5 Å². The van der Waals surface area contributed by atoms with Crippen LogP contribution in [0.4, 0.5) is 0 Å². The maximum atomic E-state index is 13.1. The van der Waals surface area contributed by atoms with E-state index in [0.717, 1.165) is 38.5 Å². The number of quaternary nitrogens is 1. The fourth-order valence-electron chi connectivity index (χ4n) is 13.8. The third-order valence-corrected chi connectivity index (χ3v) is 21.4. The topological polar surface area (TPSA) is 108 Å². The largest absolute Gasteiger partial charge is 0.756 e. The van der Waals surface area contributed by atoms with E-state index in [1.54, 1.807) is 6.08 Å². The Morgan fingerprint density at radius 2 is 0.589 bits per heavy atom. The van der Waals surface area contributed by atoms with E-state index in [-0.39, 0.29) is 19.1 Å². The quantitative estimate of drug-likeness (QED) is 0.0272. The number of nitrogens with one attached hydrogen (secondary N) is 1. The van der Waals surface area contributed by atoms with E-state index >= 15 is 0 Å². The van der Waals surface area contributed by atoms with E-state index in [4.69, 9.17) is 9.05 Å². The Morgan fingerprint density at radius 3 is 0.853 bits per heavy atom. The number of hydrogen-bond donors (Lipinski definition) is 2. The molecule has 0 saturated carbocycles. The lowest BCUT2D eigenvalue weighted by atomic mass is 10.0. The predicted octanol–water partition coefficient (Wildman–Crippen LogP) is 27.9. The molecule has 95 heavy (non-hydrogen) atoms. The van der Waals surface area contributed by atoms with Crippen molar-refractivity contribution in [2.75, 3.05) is 40.9 Å². The van der Waals surface area contributed by atoms with Gasteiger partial charge in [0.15, 0.2) is 0 Å². The Balaban J connectivity index is 3.89. The standard InChI is InChI=1S/C86H171N2O6P/c1-6-8-10-12-14-16-18-20-22-24-26-28-30-32-34-36-38-40-41-42-43-44-45-46-47-48-50-52-54-56-58-60-62-64-66-68-70-72-74-76-78-80-86(90)87-84(83-94-95(91,92)93-82-81-88(3,4)5)85(89)79-77-75-73-71-69-67-65-63-61-59-57-55-53-51-49-39-37-35-33-31-29-27-25-23-21-19-17-15-13-11-9-7-2/h69,71,77,79,84-85,89H,6-68,70,72-76,78,80-83H2,1-5H3,(H-,87,90,91,92)/b71-69+,79-77+. The summed E-state index contributed by atoms with van der Waals surface area (Å²) in [6, 6.07) is -0.903. The van der Waals surface area contributed by atoms with Crippen molar-refractivity contribution in [1.82, 2.24) is 5.32 Å². The van der Waals surface area contributed by atoms with Gasteiger partial charge in [-0.25, -0.2) is 0 Å². The second kappa shape index (κ2) is 77.1. The summed E-state index contributed by atoms with van der Waals surface area (Å²) in [7, 11) is 1.27. The number of phosphoric ester groups is 1. The zero-order valence-corrected chi connectivity index (χ0v) is 66.1. The van der Waals surface area contributed by atoms with Crippen molar-refractivity contribution in [3.8, 4) is 0 Å². The van der Waals surface area contributed by atoms with E-state index < -0.39 is 20.0 Å². The molecule has 566 valence electrons. The smallest absolute Gasteiger partial charge is 0.268 e. The number of amides is 1. The third-order valence-electron chi connectivity index (χ3n) is 20.4. The van der Waals surface area contributed by atoms with E-state index in [0.29, 0.717) is 17.4 Å². The number of unbranched alkanes of at least 4 members (excludes halogenated alkanes) is 67. The van der Waals surface area contributed by atoms with Gasteiger partial charge in [0.25, 0.3) is 7.82 Å². The number of aliphatic hydroxyl groups excluding tert-OH is 1. The van der Waals surface area contributed by atoms with Gasteiger partial charge in [-0.15, -0.1) is 0 Å². The van der Waals surface area contributed by atoms with Crippen LogP contribution in [0.1, 0.15) is 470 Å². The molecular weight excluding hydrogens is 1190 g/mol. The summed E-state index contributed by atoms with van der Waals surface area (Å²) in [6.45, 7) is 4.71. The first-order chi connectivity index (χ1) is 46.5. The number of carbonyl (C=O) groups excluding carboxylic acids is 1. The van der Waals surface area contributed by atoms with E-state index in [2.05, 4.69) is 31.3 Å². The second-order valence-corrected chi connectivity index (χ2v) is 32.7. The molecule has 1 amide bonds. The van der Waals surface area contributed by atoms with Crippen molar-refractivity contribution in [1.29, 1.82) is 0 Å². The number of likely N-dealkylation sites (N-methyl/N-ethyl adjacent to an activating group) is 1. The number of allylic oxidation sites excluding steroid dienone is 3. The molecule has 0 aliphatic rings. The Labute approximate surface area is 595 Å². The summed E-state index contributed by atoms with van der Waals surface area (Å²) < 4.78 is 23.5. The first-order valence-electron chi connectivity index (χ1n) is 43.2. The van der Waals surface area contributed by atoms with Gasteiger partial charge in [0.05, 0.1) is 39.9 Å². The average molecular weight is 1360 g/mol. The highest BCUT2D eigenvalue weighted by molar-refractivity contribution is 7.45. The number of nitrogens with zero attached hydrogens (tertiary/aromatic N) is 1. The summed E-state index contributed by atoms with van der Waals surface area (Å²) in [4.78, 5) is 25.7. The molecule has 0 aromatic heterocycles. The summed E-state index contributed by atoms with van der Waals surface area (Å²) in [5, 5.41) is 14.0. The zero-order chi connectivity index (χ0) is 69.0. The minimum atomic E-state index is -4.62. The number of phosphoric acid groups is 1. The lowest BCUT2D eigenvalue weighted by molar-refractivity contribution is -0.870. The Hall–Kier alpha value is -1.02. The summed E-state index contributed by atoms with van der Waals surface area (Å²) >= 11 is 0. The molecule has 0 heterocycles. The first-order valence-corrected chi connectivity index (χ1v) is 44.7. The minimum Gasteiger partial charge on any atom is -0.756 e. The van der Waals surface area contributed by atoms with Gasteiger partial charge >= 0.3 is 0 Å². The Bertz CT molecular complexity index is 1600. The minimum absolute atomic E-state index is 0.00319. The highest BCUT2D eigenvalue weighted by Gasteiger charge is 2.23. The Kier molecular flexibility index (Phi) is 76.3. The van der Waals surface area contributed by atoms with Crippen molar-refractivity contribution < 1.29 is 32.9 Å². The van der Waals surface area contributed by atoms with Crippen molar-refractivity contribution >= 4 is 13.7 Å². The molecule has 3 atom stereocenters. The molecule has 0 saturated heterocycles. The van der Waals surface area contributed by atoms with Crippen molar-refractivity contribution in [3.05, 3.63) is 24.3 Å². The monoisotopic (exact) mass is 1360 g/mol. The first kappa shape index (κ1) is 94.0. The molecule has 9 heteroatoms. The molecule has 0 rings (SSSR count). The van der Waals surface area contributed by atoms with E-state index in [1.807, 2.05) is 27.2 Å². The van der Waals surface area contributed by atoms with Crippen LogP contribution < -0.4 is 10.2 Å². The van der Waals surface area contributed by atoms with Gasteiger partial charge in [-0.05, 0) is 32.1 Å². The number of carbonyl (C=O) groups is 1. The lowest BCUT2D eigenvalue weighted by Crippen LogP contribution is -2.45. The van der Waals surface area contributed by atoms with Gasteiger partial charge in [0.1, 0.15) is 13.2 Å². The van der Waals surface area contributed by atoms with E-state index in [1.165, 1.54) is 411 Å². The molecule has 3 unspecified atom stereocenters. The SMILES string of the molecule is CCCCCCCCCCCCCCCCCCCCCCCCCCCC/C=C/CC/C=C/C(O)C(COP(=O)([O-])OCC[N+](C)(C)C)NC(=O)CCCCCCCCCCCCCCCCCCCCCCCCCCCCCCCCCCCCCCCCCCC. The van der Waals surface area contributed by atoms with Gasteiger partial charge in [0, 0.05) is 6.42 Å². The van der Waals surface area contributed by atoms with Crippen LogP contribution in [-0.2, 0) is 18.4 Å². The molecule has 0 aromatic rings. The molecular formula is C86H171N2O6P. The average Bonchev–Trinajstić information content (AvgIpc) is 2.44. The predicted molar refractivity (Wildman–Crippen MR) is 418 cm³/mol. The number of aliphatic hydroxyl groups is 1. The summed E-state index contributed by atoms with van der Waals surface area (Å²) in [5.74, 6) is -0.196. The van der Waals surface area contributed by atoms with Gasteiger partial charge < -0.3 is 28.8 Å². The van der Waals surface area contributed by atoms with Crippen LogP contribution in [0.3, 0.4) is 0 Å². The van der Waals surface area contributed by atoms with Crippen molar-refractivity contribution in [2.24, 2.45) is 0 Å². The van der Waals surface area contributed by atoms with Crippen LogP contribution in [0.25, 0.3) is 0 Å². The number of hydrogen-bond acceptors (Lipinski definition) is 6. The van der Waals surface area contributed by atoms with Crippen LogP contribution in [0, 0.1) is 0 Å². The third kappa shape index (κ3) is 80.2.